The molecule has 2 aliphatic rings. The molecule has 1 fully saturated rings. The van der Waals surface area contributed by atoms with Crippen LogP contribution in [0.4, 0.5) is 5.69 Å². The molecule has 0 spiro atoms. The van der Waals surface area contributed by atoms with E-state index in [0.29, 0.717) is 17.9 Å². The highest BCUT2D eigenvalue weighted by atomic mass is 16.5. The Labute approximate surface area is 159 Å². The van der Waals surface area contributed by atoms with Gasteiger partial charge in [0.05, 0.1) is 25.9 Å². The number of amides is 1. The van der Waals surface area contributed by atoms with Crippen molar-refractivity contribution in [1.82, 2.24) is 5.32 Å². The van der Waals surface area contributed by atoms with Gasteiger partial charge in [0, 0.05) is 18.9 Å². The van der Waals surface area contributed by atoms with Crippen LogP contribution in [0.3, 0.4) is 0 Å². The molecule has 1 aromatic carbocycles. The number of carbonyl (C=O) groups excluding carboxylic acids is 2. The van der Waals surface area contributed by atoms with Crippen LogP contribution in [0.5, 0.6) is 5.75 Å². The smallest absolute Gasteiger partial charge is 0.331 e. The number of ether oxygens (including phenoxy) is 2. The number of nitrogens with one attached hydrogen (secondary N) is 1. The minimum atomic E-state index is -1.16. The van der Waals surface area contributed by atoms with Gasteiger partial charge in [0.1, 0.15) is 11.3 Å². The molecule has 0 saturated heterocycles. The Morgan fingerprint density at radius 1 is 1.30 bits per heavy atom. The summed E-state index contributed by atoms with van der Waals surface area (Å²) in [6, 6.07) is 5.34. The van der Waals surface area contributed by atoms with Gasteiger partial charge in [0.2, 0.25) is 5.91 Å². The molecule has 7 heteroatoms. The zero-order chi connectivity index (χ0) is 20.1. The van der Waals surface area contributed by atoms with Crippen LogP contribution in [0.1, 0.15) is 45.6 Å². The lowest BCUT2D eigenvalue weighted by Crippen LogP contribution is -2.68. The number of esters is 1. The van der Waals surface area contributed by atoms with Gasteiger partial charge in [-0.3, -0.25) is 15.1 Å². The molecule has 148 valence electrons. The number of rotatable bonds is 3. The summed E-state index contributed by atoms with van der Waals surface area (Å²) in [4.78, 5) is 24.9. The third kappa shape index (κ3) is 2.76. The van der Waals surface area contributed by atoms with Crippen molar-refractivity contribution in [2.45, 2.75) is 51.6 Å². The number of hydroxylamine groups is 1. The average Bonchev–Trinajstić information content (AvgIpc) is 2.91. The van der Waals surface area contributed by atoms with Crippen LogP contribution >= 0.6 is 0 Å². The molecule has 1 aliphatic heterocycles. The standard InChI is InChI=1S/C20H28N2O5/c1-11-16-14-8-7-13(26-5)9-15(14)22(25)17(16)19(3,4)10-20(11,18(24)27-6)21-12(2)23/h7-9,11,16-17,25H,10H2,1-6H3,(H,21,23)/t11?,16?,17?,20-/m0/s1. The quantitative estimate of drug-likeness (QED) is 0.788. The van der Waals surface area contributed by atoms with E-state index >= 15 is 0 Å². The van der Waals surface area contributed by atoms with Crippen LogP contribution in [0.15, 0.2) is 18.2 Å². The molecule has 3 rings (SSSR count). The van der Waals surface area contributed by atoms with Crippen LogP contribution in [0.25, 0.3) is 0 Å². The number of benzene rings is 1. The third-order valence-electron chi connectivity index (χ3n) is 6.25. The summed E-state index contributed by atoms with van der Waals surface area (Å²) in [6.07, 6.45) is 0.358. The lowest BCUT2D eigenvalue weighted by Gasteiger charge is -2.54. The topological polar surface area (TPSA) is 88.1 Å². The number of hydrogen-bond donors (Lipinski definition) is 2. The first-order valence-electron chi connectivity index (χ1n) is 9.12. The predicted octanol–water partition coefficient (Wildman–Crippen LogP) is 2.47. The molecule has 0 bridgehead atoms. The first-order valence-corrected chi connectivity index (χ1v) is 9.12. The molecule has 1 aliphatic carbocycles. The molecule has 1 aromatic rings. The second-order valence-corrected chi connectivity index (χ2v) is 8.34. The zero-order valence-corrected chi connectivity index (χ0v) is 16.7. The van der Waals surface area contributed by atoms with Crippen molar-refractivity contribution >= 4 is 17.6 Å². The number of hydrogen-bond acceptors (Lipinski definition) is 6. The van der Waals surface area contributed by atoms with Crippen molar-refractivity contribution in [3.8, 4) is 5.75 Å². The van der Waals surface area contributed by atoms with E-state index in [4.69, 9.17) is 9.47 Å². The number of methoxy groups -OCH3 is 2. The van der Waals surface area contributed by atoms with E-state index in [1.807, 2.05) is 32.9 Å². The van der Waals surface area contributed by atoms with Crippen molar-refractivity contribution in [3.63, 3.8) is 0 Å². The number of nitrogens with zero attached hydrogens (tertiary/aromatic N) is 1. The number of fused-ring (bicyclic) bond motifs is 3. The van der Waals surface area contributed by atoms with Gasteiger partial charge >= 0.3 is 5.97 Å². The van der Waals surface area contributed by atoms with Crippen LogP contribution in [-0.4, -0.2) is 42.9 Å². The molecule has 0 aromatic heterocycles. The summed E-state index contributed by atoms with van der Waals surface area (Å²) in [5.41, 5.74) is -0.0300. The first-order chi connectivity index (χ1) is 12.6. The first kappa shape index (κ1) is 19.5. The average molecular weight is 376 g/mol. The number of carbonyl (C=O) groups is 2. The van der Waals surface area contributed by atoms with Gasteiger partial charge < -0.3 is 14.8 Å². The maximum atomic E-state index is 12.9. The van der Waals surface area contributed by atoms with E-state index in [0.717, 1.165) is 5.56 Å². The molecule has 1 heterocycles. The highest BCUT2D eigenvalue weighted by Crippen LogP contribution is 2.59. The van der Waals surface area contributed by atoms with Crippen LogP contribution in [0, 0.1) is 11.3 Å². The van der Waals surface area contributed by atoms with Crippen LogP contribution in [-0.2, 0) is 14.3 Å². The highest BCUT2D eigenvalue weighted by molar-refractivity contribution is 5.88. The molecular formula is C20H28N2O5. The molecule has 7 nitrogen and oxygen atoms in total. The van der Waals surface area contributed by atoms with Gasteiger partial charge in [-0.05, 0) is 29.4 Å². The van der Waals surface area contributed by atoms with Crippen molar-refractivity contribution in [2.75, 3.05) is 19.3 Å². The van der Waals surface area contributed by atoms with Crippen LogP contribution < -0.4 is 15.1 Å². The predicted molar refractivity (Wildman–Crippen MR) is 99.9 cm³/mol. The molecular weight excluding hydrogens is 348 g/mol. The Kier molecular flexibility index (Phi) is 4.62. The van der Waals surface area contributed by atoms with Gasteiger partial charge in [0.25, 0.3) is 0 Å². The van der Waals surface area contributed by atoms with Crippen LogP contribution in [0.2, 0.25) is 0 Å². The number of anilines is 1. The largest absolute Gasteiger partial charge is 0.497 e. The molecule has 0 radical (unpaired) electrons. The Morgan fingerprint density at radius 3 is 2.52 bits per heavy atom. The minimum Gasteiger partial charge on any atom is -0.497 e. The van der Waals surface area contributed by atoms with Gasteiger partial charge in [-0.2, -0.15) is 0 Å². The fourth-order valence-corrected chi connectivity index (χ4v) is 5.22. The summed E-state index contributed by atoms with van der Waals surface area (Å²) >= 11 is 0. The van der Waals surface area contributed by atoms with E-state index in [2.05, 4.69) is 5.32 Å². The monoisotopic (exact) mass is 376 g/mol. The van der Waals surface area contributed by atoms with E-state index in [1.165, 1.54) is 19.1 Å². The molecule has 1 saturated carbocycles. The fourth-order valence-electron chi connectivity index (χ4n) is 5.22. The highest BCUT2D eigenvalue weighted by Gasteiger charge is 2.63. The second kappa shape index (κ2) is 6.41. The lowest BCUT2D eigenvalue weighted by atomic mass is 9.55. The van der Waals surface area contributed by atoms with E-state index in [-0.39, 0.29) is 23.8 Å². The molecule has 3 unspecified atom stereocenters. The van der Waals surface area contributed by atoms with E-state index in [9.17, 15) is 14.8 Å². The Balaban J connectivity index is 2.18. The maximum Gasteiger partial charge on any atom is 0.331 e. The van der Waals surface area contributed by atoms with Gasteiger partial charge in [-0.1, -0.05) is 26.8 Å². The second-order valence-electron chi connectivity index (χ2n) is 8.34. The van der Waals surface area contributed by atoms with E-state index < -0.39 is 16.9 Å². The molecule has 4 atom stereocenters. The Hall–Kier alpha value is -2.28. The summed E-state index contributed by atoms with van der Waals surface area (Å²) in [5, 5.41) is 15.2. The summed E-state index contributed by atoms with van der Waals surface area (Å²) < 4.78 is 10.4. The minimum absolute atomic E-state index is 0.161. The Morgan fingerprint density at radius 2 is 1.96 bits per heavy atom. The van der Waals surface area contributed by atoms with Crippen molar-refractivity contribution < 1.29 is 24.3 Å². The van der Waals surface area contributed by atoms with Crippen molar-refractivity contribution in [2.24, 2.45) is 11.3 Å². The summed E-state index contributed by atoms with van der Waals surface area (Å²) in [7, 11) is 2.92. The van der Waals surface area contributed by atoms with E-state index in [1.54, 1.807) is 13.2 Å². The van der Waals surface area contributed by atoms with Gasteiger partial charge in [0.15, 0.2) is 0 Å². The van der Waals surface area contributed by atoms with Gasteiger partial charge in [-0.25, -0.2) is 4.79 Å². The maximum absolute atomic E-state index is 12.9. The molecule has 27 heavy (non-hydrogen) atoms. The third-order valence-corrected chi connectivity index (χ3v) is 6.25. The summed E-state index contributed by atoms with van der Waals surface area (Å²) in [5.74, 6) is -0.529. The Bertz CT molecular complexity index is 778. The lowest BCUT2D eigenvalue weighted by molar-refractivity contribution is -0.159. The zero-order valence-electron chi connectivity index (χ0n) is 16.7. The van der Waals surface area contributed by atoms with Gasteiger partial charge in [-0.15, -0.1) is 0 Å². The SMILES string of the molecule is COC(=O)[C@]1(NC(C)=O)CC(C)(C)C2C(c3ccc(OC)cc3N2O)C1C. The summed E-state index contributed by atoms with van der Waals surface area (Å²) in [6.45, 7) is 7.35. The fraction of sp³-hybridized carbons (Fsp3) is 0.600. The van der Waals surface area contributed by atoms with Crippen molar-refractivity contribution in [3.05, 3.63) is 23.8 Å². The normalized spacial score (nSPS) is 30.9. The molecule has 2 N–H and O–H groups in total. The van der Waals surface area contributed by atoms with Crippen molar-refractivity contribution in [1.29, 1.82) is 0 Å². The molecule has 1 amide bonds.